The fourth-order valence-electron chi connectivity index (χ4n) is 3.44. The monoisotopic (exact) mass is 413 g/mol. The lowest BCUT2D eigenvalue weighted by Gasteiger charge is -2.28. The molecule has 8 heteroatoms. The molecule has 0 fully saturated rings. The summed E-state index contributed by atoms with van der Waals surface area (Å²) < 4.78 is 41.9. The van der Waals surface area contributed by atoms with E-state index in [1.54, 1.807) is 42.1 Å². The van der Waals surface area contributed by atoms with Gasteiger partial charge in [-0.1, -0.05) is 36.4 Å². The molecular weight excluding hydrogens is 390 g/mol. The van der Waals surface area contributed by atoms with Crippen molar-refractivity contribution < 1.29 is 17.9 Å². The smallest absolute Gasteiger partial charge is 0.243 e. The van der Waals surface area contributed by atoms with Crippen LogP contribution in [0.2, 0.25) is 0 Å². The largest absolute Gasteiger partial charge is 0.492 e. The van der Waals surface area contributed by atoms with Gasteiger partial charge in [-0.3, -0.25) is 0 Å². The zero-order valence-electron chi connectivity index (χ0n) is 16.4. The first-order valence-electron chi connectivity index (χ1n) is 9.37. The van der Waals surface area contributed by atoms with Crippen LogP contribution in [-0.4, -0.2) is 41.8 Å². The molecule has 0 amide bonds. The molecule has 3 aromatic rings. The molecule has 7 nitrogen and oxygen atoms in total. The minimum atomic E-state index is -3.75. The van der Waals surface area contributed by atoms with Crippen molar-refractivity contribution in [3.63, 3.8) is 0 Å². The third-order valence-corrected chi connectivity index (χ3v) is 6.87. The van der Waals surface area contributed by atoms with E-state index in [1.807, 2.05) is 37.3 Å². The highest BCUT2D eigenvalue weighted by Crippen LogP contribution is 2.31. The molecule has 0 saturated carbocycles. The fraction of sp³-hybridized carbons (Fsp3) is 0.286. The number of ether oxygens (including phenoxy) is 2. The van der Waals surface area contributed by atoms with Gasteiger partial charge in [0.25, 0.3) is 0 Å². The van der Waals surface area contributed by atoms with Gasteiger partial charge in [0.15, 0.2) is 0 Å². The summed E-state index contributed by atoms with van der Waals surface area (Å²) in [5.74, 6) is 1.28. The highest BCUT2D eigenvalue weighted by atomic mass is 32.2. The van der Waals surface area contributed by atoms with E-state index in [0.29, 0.717) is 11.6 Å². The molecule has 1 aliphatic heterocycles. The number of nitrogens with zero attached hydrogens (tertiary/aromatic N) is 3. The van der Waals surface area contributed by atoms with E-state index in [0.717, 1.165) is 11.3 Å². The van der Waals surface area contributed by atoms with Gasteiger partial charge in [-0.05, 0) is 31.2 Å². The molecule has 2 heterocycles. The van der Waals surface area contributed by atoms with E-state index in [2.05, 4.69) is 5.10 Å². The van der Waals surface area contributed by atoms with Gasteiger partial charge in [-0.25, -0.2) is 13.1 Å². The number of fused-ring (bicyclic) bond motifs is 1. The zero-order chi connectivity index (χ0) is 20.4. The van der Waals surface area contributed by atoms with Gasteiger partial charge in [0.2, 0.25) is 15.9 Å². The molecule has 2 aromatic carbocycles. The molecule has 1 unspecified atom stereocenters. The molecule has 152 valence electrons. The molecule has 0 spiro atoms. The van der Waals surface area contributed by atoms with E-state index in [1.165, 1.54) is 4.31 Å². The Kier molecular flexibility index (Phi) is 5.29. The summed E-state index contributed by atoms with van der Waals surface area (Å²) in [4.78, 5) is 0.245. The number of hydrogen-bond donors (Lipinski definition) is 0. The number of sulfonamides is 1. The van der Waals surface area contributed by atoms with E-state index in [4.69, 9.17) is 9.47 Å². The summed E-state index contributed by atoms with van der Waals surface area (Å²) in [7, 11) is -1.96. The number of benzene rings is 2. The van der Waals surface area contributed by atoms with Crippen molar-refractivity contribution in [3.8, 4) is 11.6 Å². The molecular formula is C21H23N3O4S. The minimum absolute atomic E-state index is 0.171. The third kappa shape index (κ3) is 3.86. The van der Waals surface area contributed by atoms with Gasteiger partial charge < -0.3 is 9.47 Å². The fourth-order valence-corrected chi connectivity index (χ4v) is 5.02. The summed E-state index contributed by atoms with van der Waals surface area (Å²) >= 11 is 0. The second-order valence-corrected chi connectivity index (χ2v) is 8.84. The Hall–Kier alpha value is -2.84. The van der Waals surface area contributed by atoms with Gasteiger partial charge in [0.1, 0.15) is 19.0 Å². The molecule has 1 atom stereocenters. The van der Waals surface area contributed by atoms with Crippen molar-refractivity contribution in [3.05, 3.63) is 71.9 Å². The maximum Gasteiger partial charge on any atom is 0.243 e. The van der Waals surface area contributed by atoms with Gasteiger partial charge >= 0.3 is 0 Å². The van der Waals surface area contributed by atoms with Crippen LogP contribution >= 0.6 is 0 Å². The number of aromatic nitrogens is 2. The number of para-hydroxylation sites is 1. The van der Waals surface area contributed by atoms with E-state index in [9.17, 15) is 8.42 Å². The maximum absolute atomic E-state index is 13.5. The summed E-state index contributed by atoms with van der Waals surface area (Å²) in [6.45, 7) is 2.38. The van der Waals surface area contributed by atoms with Crippen LogP contribution in [-0.2, 0) is 23.6 Å². The minimum Gasteiger partial charge on any atom is -0.492 e. The van der Waals surface area contributed by atoms with Crippen molar-refractivity contribution in [1.29, 1.82) is 0 Å². The number of rotatable bonds is 5. The lowest BCUT2D eigenvalue weighted by Crippen LogP contribution is -2.45. The first kappa shape index (κ1) is 19.5. The summed E-state index contributed by atoms with van der Waals surface area (Å²) in [5.41, 5.74) is 1.52. The Morgan fingerprint density at radius 1 is 1.10 bits per heavy atom. The van der Waals surface area contributed by atoms with Crippen LogP contribution in [0.4, 0.5) is 0 Å². The second-order valence-electron chi connectivity index (χ2n) is 6.94. The summed E-state index contributed by atoms with van der Waals surface area (Å²) in [6, 6.07) is 17.3. The zero-order valence-corrected chi connectivity index (χ0v) is 17.2. The third-order valence-electron chi connectivity index (χ3n) is 4.96. The lowest BCUT2D eigenvalue weighted by atomic mass is 10.2. The van der Waals surface area contributed by atoms with E-state index < -0.39 is 16.1 Å². The van der Waals surface area contributed by atoms with Gasteiger partial charge in [0.05, 0.1) is 22.2 Å². The van der Waals surface area contributed by atoms with Crippen molar-refractivity contribution in [2.24, 2.45) is 7.05 Å². The Morgan fingerprint density at radius 3 is 2.45 bits per heavy atom. The van der Waals surface area contributed by atoms with Crippen molar-refractivity contribution in [2.45, 2.75) is 24.4 Å². The Bertz CT molecular complexity index is 1080. The van der Waals surface area contributed by atoms with Crippen molar-refractivity contribution >= 4 is 10.0 Å². The number of hydrogen-bond acceptors (Lipinski definition) is 5. The molecule has 29 heavy (non-hydrogen) atoms. The number of aryl methyl sites for hydroxylation is 2. The molecule has 1 aromatic heterocycles. The highest BCUT2D eigenvalue weighted by Gasteiger charge is 2.37. The predicted molar refractivity (Wildman–Crippen MR) is 108 cm³/mol. The summed E-state index contributed by atoms with van der Waals surface area (Å²) in [5, 5.41) is 4.38. The first-order chi connectivity index (χ1) is 14.0. The molecule has 0 aliphatic carbocycles. The van der Waals surface area contributed by atoms with Crippen LogP contribution in [0.1, 0.15) is 11.3 Å². The van der Waals surface area contributed by atoms with Crippen molar-refractivity contribution in [1.82, 2.24) is 14.1 Å². The Morgan fingerprint density at radius 2 is 1.76 bits per heavy atom. The highest BCUT2D eigenvalue weighted by molar-refractivity contribution is 7.89. The topological polar surface area (TPSA) is 73.7 Å². The van der Waals surface area contributed by atoms with Crippen LogP contribution in [0.25, 0.3) is 0 Å². The van der Waals surface area contributed by atoms with Crippen LogP contribution in [0.15, 0.2) is 65.6 Å². The molecule has 0 N–H and O–H groups in total. The second kappa shape index (κ2) is 7.88. The van der Waals surface area contributed by atoms with Gasteiger partial charge in [-0.15, -0.1) is 0 Å². The normalized spacial score (nSPS) is 17.2. The average molecular weight is 413 g/mol. The van der Waals surface area contributed by atoms with E-state index in [-0.39, 0.29) is 24.7 Å². The average Bonchev–Trinajstić information content (AvgIpc) is 2.90. The van der Waals surface area contributed by atoms with Gasteiger partial charge in [0, 0.05) is 13.6 Å². The maximum atomic E-state index is 13.5. The first-order valence-corrected chi connectivity index (χ1v) is 10.8. The Balaban J connectivity index is 1.69. The Labute approximate surface area is 170 Å². The lowest BCUT2D eigenvalue weighted by molar-refractivity contribution is 0.149. The molecule has 0 bridgehead atoms. The van der Waals surface area contributed by atoms with Crippen LogP contribution < -0.4 is 9.47 Å². The molecule has 0 radical (unpaired) electrons. The van der Waals surface area contributed by atoms with Crippen molar-refractivity contribution in [2.75, 3.05) is 13.2 Å². The molecule has 0 saturated heterocycles. The quantitative estimate of drug-likeness (QED) is 0.643. The predicted octanol–water partition coefficient (Wildman–Crippen LogP) is 2.76. The van der Waals surface area contributed by atoms with Gasteiger partial charge in [-0.2, -0.15) is 9.40 Å². The molecule has 4 rings (SSSR count). The van der Waals surface area contributed by atoms with Crippen LogP contribution in [0.5, 0.6) is 11.6 Å². The summed E-state index contributed by atoms with van der Waals surface area (Å²) in [6.07, 6.45) is 0. The van der Waals surface area contributed by atoms with E-state index >= 15 is 0 Å². The van der Waals surface area contributed by atoms with Crippen LogP contribution in [0.3, 0.4) is 0 Å². The van der Waals surface area contributed by atoms with Crippen LogP contribution in [0, 0.1) is 6.92 Å². The molecule has 1 aliphatic rings. The standard InChI is InChI=1S/C21H23N3O4S/c1-16-20-13-24(29(25,26)19-11-7-4-8-12-19)17(15-28-21(20)23(2)22-16)14-27-18-9-5-3-6-10-18/h3-12,17H,13-15H2,1-2H3. The SMILES string of the molecule is Cc1nn(C)c2c1CN(S(=O)(=O)c1ccccc1)C(COc1ccccc1)CO2.